The van der Waals surface area contributed by atoms with Crippen LogP contribution in [0.5, 0.6) is 0 Å². The van der Waals surface area contributed by atoms with E-state index in [4.69, 9.17) is 11.6 Å². The second-order valence-corrected chi connectivity index (χ2v) is 5.33. The van der Waals surface area contributed by atoms with Crippen molar-refractivity contribution in [2.24, 2.45) is 0 Å². The molecule has 2 heteroatoms. The molecule has 0 aliphatic heterocycles. The zero-order chi connectivity index (χ0) is 13.7. The first-order chi connectivity index (χ1) is 9.19. The second-order valence-electron chi connectivity index (χ2n) is 4.92. The smallest absolute Gasteiger partial charge is 0.0640 e. The van der Waals surface area contributed by atoms with Gasteiger partial charge in [0.25, 0.3) is 0 Å². The van der Waals surface area contributed by atoms with Gasteiger partial charge in [0.1, 0.15) is 0 Å². The van der Waals surface area contributed by atoms with E-state index >= 15 is 0 Å². The molecular weight excluding hydrogens is 254 g/mol. The van der Waals surface area contributed by atoms with Gasteiger partial charge in [0, 0.05) is 6.04 Å². The van der Waals surface area contributed by atoms with Crippen LogP contribution in [0.2, 0.25) is 5.02 Å². The van der Waals surface area contributed by atoms with Gasteiger partial charge in [-0.2, -0.15) is 0 Å². The molecule has 2 aromatic rings. The van der Waals surface area contributed by atoms with E-state index in [0.29, 0.717) is 6.04 Å². The lowest BCUT2D eigenvalue weighted by Crippen LogP contribution is -2.21. The summed E-state index contributed by atoms with van der Waals surface area (Å²) in [6.07, 6.45) is 2.08. The van der Waals surface area contributed by atoms with Gasteiger partial charge in [-0.3, -0.25) is 0 Å². The molecule has 100 valence electrons. The Hall–Kier alpha value is -1.47. The molecule has 0 bridgehead atoms. The number of halogens is 1. The third-order valence-corrected chi connectivity index (χ3v) is 3.61. The van der Waals surface area contributed by atoms with Crippen LogP contribution in [0.4, 0.5) is 5.69 Å². The SMILES string of the molecule is CCC(Cc1ccccc1)Nc1ccc(C)cc1Cl. The predicted molar refractivity (Wildman–Crippen MR) is 84.0 cm³/mol. The van der Waals surface area contributed by atoms with Crippen LogP contribution in [0.3, 0.4) is 0 Å². The molecule has 1 N–H and O–H groups in total. The van der Waals surface area contributed by atoms with Crippen molar-refractivity contribution in [3.8, 4) is 0 Å². The molecule has 2 rings (SSSR count). The topological polar surface area (TPSA) is 12.0 Å². The molecule has 1 atom stereocenters. The highest BCUT2D eigenvalue weighted by Crippen LogP contribution is 2.24. The van der Waals surface area contributed by atoms with Crippen LogP contribution in [0.1, 0.15) is 24.5 Å². The maximum absolute atomic E-state index is 6.27. The predicted octanol–water partition coefficient (Wildman–Crippen LogP) is 5.08. The van der Waals surface area contributed by atoms with Gasteiger partial charge in [-0.15, -0.1) is 0 Å². The van der Waals surface area contributed by atoms with E-state index in [0.717, 1.165) is 23.6 Å². The van der Waals surface area contributed by atoms with Crippen LogP contribution in [0, 0.1) is 6.92 Å². The molecule has 0 spiro atoms. The summed E-state index contributed by atoms with van der Waals surface area (Å²) in [7, 11) is 0. The maximum Gasteiger partial charge on any atom is 0.0640 e. The third-order valence-electron chi connectivity index (χ3n) is 3.30. The molecule has 0 heterocycles. The Morgan fingerprint density at radius 3 is 2.47 bits per heavy atom. The lowest BCUT2D eigenvalue weighted by molar-refractivity contribution is 0.690. The van der Waals surface area contributed by atoms with Crippen molar-refractivity contribution >= 4 is 17.3 Å². The van der Waals surface area contributed by atoms with Gasteiger partial charge in [0.2, 0.25) is 0 Å². The van der Waals surface area contributed by atoms with E-state index < -0.39 is 0 Å². The Balaban J connectivity index is 2.06. The second kappa shape index (κ2) is 6.63. The van der Waals surface area contributed by atoms with Crippen molar-refractivity contribution < 1.29 is 0 Å². The highest BCUT2D eigenvalue weighted by atomic mass is 35.5. The first-order valence-electron chi connectivity index (χ1n) is 6.75. The van der Waals surface area contributed by atoms with E-state index in [1.54, 1.807) is 0 Å². The largest absolute Gasteiger partial charge is 0.381 e. The fourth-order valence-electron chi connectivity index (χ4n) is 2.15. The van der Waals surface area contributed by atoms with E-state index in [-0.39, 0.29) is 0 Å². The summed E-state index contributed by atoms with van der Waals surface area (Å²) in [5.74, 6) is 0. The van der Waals surface area contributed by atoms with Gasteiger partial charge < -0.3 is 5.32 Å². The molecule has 0 aromatic heterocycles. The number of rotatable bonds is 5. The fraction of sp³-hybridized carbons (Fsp3) is 0.294. The standard InChI is InChI=1S/C17H20ClN/c1-3-15(12-14-7-5-4-6-8-14)19-17-10-9-13(2)11-16(17)18/h4-11,15,19H,3,12H2,1-2H3. The van der Waals surface area contributed by atoms with Gasteiger partial charge in [-0.1, -0.05) is 54.9 Å². The summed E-state index contributed by atoms with van der Waals surface area (Å²) in [5.41, 5.74) is 3.56. The van der Waals surface area contributed by atoms with Crippen LogP contribution in [-0.2, 0) is 6.42 Å². The van der Waals surface area contributed by atoms with Crippen molar-refractivity contribution in [2.45, 2.75) is 32.7 Å². The highest BCUT2D eigenvalue weighted by Gasteiger charge is 2.09. The number of nitrogens with one attached hydrogen (secondary N) is 1. The normalized spacial score (nSPS) is 12.2. The summed E-state index contributed by atoms with van der Waals surface area (Å²) < 4.78 is 0. The molecule has 0 amide bonds. The first kappa shape index (κ1) is 14.0. The molecule has 0 radical (unpaired) electrons. The van der Waals surface area contributed by atoms with Gasteiger partial charge >= 0.3 is 0 Å². The van der Waals surface area contributed by atoms with Crippen LogP contribution in [0.25, 0.3) is 0 Å². The first-order valence-corrected chi connectivity index (χ1v) is 7.13. The Bertz CT molecular complexity index is 522. The monoisotopic (exact) mass is 273 g/mol. The molecule has 1 unspecified atom stereocenters. The van der Waals surface area contributed by atoms with Crippen LogP contribution < -0.4 is 5.32 Å². The molecule has 0 aliphatic rings. The summed E-state index contributed by atoms with van der Waals surface area (Å²) in [5, 5.41) is 4.34. The molecule has 0 fully saturated rings. The lowest BCUT2D eigenvalue weighted by atomic mass is 10.0. The zero-order valence-electron chi connectivity index (χ0n) is 11.5. The van der Waals surface area contributed by atoms with E-state index in [1.807, 2.05) is 6.07 Å². The number of aryl methyl sites for hydroxylation is 1. The van der Waals surface area contributed by atoms with Crippen molar-refractivity contribution in [3.63, 3.8) is 0 Å². The minimum atomic E-state index is 0.405. The molecule has 0 aliphatic carbocycles. The Morgan fingerprint density at radius 2 is 1.84 bits per heavy atom. The van der Waals surface area contributed by atoms with Crippen molar-refractivity contribution in [1.82, 2.24) is 0 Å². The molecule has 1 nitrogen and oxygen atoms in total. The number of benzene rings is 2. The molecule has 19 heavy (non-hydrogen) atoms. The minimum absolute atomic E-state index is 0.405. The van der Waals surface area contributed by atoms with E-state index in [1.165, 1.54) is 11.1 Å². The van der Waals surface area contributed by atoms with Crippen molar-refractivity contribution in [3.05, 3.63) is 64.7 Å². The quantitative estimate of drug-likeness (QED) is 0.801. The Morgan fingerprint density at radius 1 is 1.11 bits per heavy atom. The lowest BCUT2D eigenvalue weighted by Gasteiger charge is -2.19. The summed E-state index contributed by atoms with van der Waals surface area (Å²) in [6.45, 7) is 4.25. The minimum Gasteiger partial charge on any atom is -0.381 e. The van der Waals surface area contributed by atoms with Gasteiger partial charge in [-0.25, -0.2) is 0 Å². The third kappa shape index (κ3) is 4.00. The van der Waals surface area contributed by atoms with E-state index in [9.17, 15) is 0 Å². The van der Waals surface area contributed by atoms with Gasteiger partial charge in [-0.05, 0) is 43.0 Å². The summed E-state index contributed by atoms with van der Waals surface area (Å²) in [4.78, 5) is 0. The van der Waals surface area contributed by atoms with Gasteiger partial charge in [0.05, 0.1) is 10.7 Å². The maximum atomic E-state index is 6.27. The Kier molecular flexibility index (Phi) is 4.86. The number of hydrogen-bond donors (Lipinski definition) is 1. The fourth-order valence-corrected chi connectivity index (χ4v) is 2.44. The average Bonchev–Trinajstić information content (AvgIpc) is 2.42. The van der Waals surface area contributed by atoms with Gasteiger partial charge in [0.15, 0.2) is 0 Å². The Labute approximate surface area is 120 Å². The molecule has 0 saturated heterocycles. The van der Waals surface area contributed by atoms with Crippen molar-refractivity contribution in [1.29, 1.82) is 0 Å². The number of hydrogen-bond acceptors (Lipinski definition) is 1. The number of anilines is 1. The van der Waals surface area contributed by atoms with E-state index in [2.05, 4.69) is 61.6 Å². The van der Waals surface area contributed by atoms with Crippen LogP contribution >= 0.6 is 11.6 Å². The average molecular weight is 274 g/mol. The highest BCUT2D eigenvalue weighted by molar-refractivity contribution is 6.33. The van der Waals surface area contributed by atoms with Crippen LogP contribution in [0.15, 0.2) is 48.5 Å². The van der Waals surface area contributed by atoms with Crippen LogP contribution in [-0.4, -0.2) is 6.04 Å². The summed E-state index contributed by atoms with van der Waals surface area (Å²) in [6, 6.07) is 17.1. The summed E-state index contributed by atoms with van der Waals surface area (Å²) >= 11 is 6.27. The molecule has 2 aromatic carbocycles. The zero-order valence-corrected chi connectivity index (χ0v) is 12.2. The molecular formula is C17H20ClN. The van der Waals surface area contributed by atoms with Crippen molar-refractivity contribution in [2.75, 3.05) is 5.32 Å². The molecule has 0 saturated carbocycles.